The molecule has 1 amide bonds. The maximum absolute atomic E-state index is 12.7. The summed E-state index contributed by atoms with van der Waals surface area (Å²) < 4.78 is 1.65. The number of nitrogens with zero attached hydrogens (tertiary/aromatic N) is 3. The van der Waals surface area contributed by atoms with Crippen LogP contribution in [0.3, 0.4) is 0 Å². The van der Waals surface area contributed by atoms with Gasteiger partial charge in [0.2, 0.25) is 0 Å². The van der Waals surface area contributed by atoms with E-state index in [9.17, 15) is 14.7 Å². The third-order valence-electron chi connectivity index (χ3n) is 4.14. The fourth-order valence-corrected chi connectivity index (χ4v) is 2.66. The van der Waals surface area contributed by atoms with Crippen LogP contribution in [0.2, 0.25) is 0 Å². The van der Waals surface area contributed by atoms with E-state index in [-0.39, 0.29) is 11.9 Å². The van der Waals surface area contributed by atoms with Gasteiger partial charge in [-0.05, 0) is 38.3 Å². The molecule has 1 aliphatic carbocycles. The number of para-hydroxylation sites is 1. The zero-order valence-corrected chi connectivity index (χ0v) is 13.1. The number of hydrogen-bond donors (Lipinski definition) is 1. The molecular weight excluding hydrogens is 294 g/mol. The number of rotatable bonds is 5. The fourth-order valence-electron chi connectivity index (χ4n) is 2.66. The number of benzene rings is 1. The topological polar surface area (TPSA) is 75.4 Å². The van der Waals surface area contributed by atoms with Crippen molar-refractivity contribution in [3.63, 3.8) is 0 Å². The summed E-state index contributed by atoms with van der Waals surface area (Å²) in [6.07, 6.45) is 4.87. The molecule has 0 spiro atoms. The minimum absolute atomic E-state index is 0.0235. The smallest absolute Gasteiger partial charge is 0.326 e. The van der Waals surface area contributed by atoms with Crippen molar-refractivity contribution in [2.75, 3.05) is 0 Å². The first kappa shape index (κ1) is 15.3. The van der Waals surface area contributed by atoms with Crippen LogP contribution < -0.4 is 0 Å². The second-order valence-corrected chi connectivity index (χ2v) is 5.92. The second kappa shape index (κ2) is 5.87. The standard InChI is InChI=1S/C17H19N3O3/c1-11-5-3-4-6-15(11)19-10-13(9-18-19)16(21)20(14-7-8-14)12(2)17(22)23/h3-6,9-10,12,14H,7-8H2,1-2H3,(H,22,23). The minimum Gasteiger partial charge on any atom is -0.480 e. The van der Waals surface area contributed by atoms with Crippen LogP contribution in [0.4, 0.5) is 0 Å². The van der Waals surface area contributed by atoms with E-state index in [0.717, 1.165) is 24.1 Å². The van der Waals surface area contributed by atoms with Gasteiger partial charge in [-0.15, -0.1) is 0 Å². The Hall–Kier alpha value is -2.63. The molecular formula is C17H19N3O3. The third kappa shape index (κ3) is 2.97. The Kier molecular flexibility index (Phi) is 3.90. The Labute approximate surface area is 134 Å². The zero-order valence-electron chi connectivity index (χ0n) is 13.1. The normalized spacial score (nSPS) is 15.2. The maximum Gasteiger partial charge on any atom is 0.326 e. The number of hydrogen-bond acceptors (Lipinski definition) is 3. The van der Waals surface area contributed by atoms with E-state index in [1.54, 1.807) is 17.8 Å². The van der Waals surface area contributed by atoms with Gasteiger partial charge in [-0.25, -0.2) is 9.48 Å². The van der Waals surface area contributed by atoms with E-state index in [4.69, 9.17) is 0 Å². The average Bonchev–Trinajstić information content (AvgIpc) is 3.23. The van der Waals surface area contributed by atoms with Crippen LogP contribution in [0.15, 0.2) is 36.7 Å². The lowest BCUT2D eigenvalue weighted by molar-refractivity contribution is -0.141. The number of carbonyl (C=O) groups excluding carboxylic acids is 1. The van der Waals surface area contributed by atoms with E-state index in [2.05, 4.69) is 5.10 Å². The van der Waals surface area contributed by atoms with Crippen LogP contribution in [0.1, 0.15) is 35.7 Å². The highest BCUT2D eigenvalue weighted by molar-refractivity contribution is 5.96. The first-order valence-electron chi connectivity index (χ1n) is 7.65. The lowest BCUT2D eigenvalue weighted by Gasteiger charge is -2.25. The van der Waals surface area contributed by atoms with E-state index in [1.165, 1.54) is 11.1 Å². The van der Waals surface area contributed by atoms with Crippen LogP contribution in [0.25, 0.3) is 5.69 Å². The Morgan fingerprint density at radius 1 is 1.35 bits per heavy atom. The van der Waals surface area contributed by atoms with Crippen LogP contribution in [-0.2, 0) is 4.79 Å². The van der Waals surface area contributed by atoms with Gasteiger partial charge in [0.1, 0.15) is 6.04 Å². The summed E-state index contributed by atoms with van der Waals surface area (Å²) >= 11 is 0. The van der Waals surface area contributed by atoms with Crippen LogP contribution >= 0.6 is 0 Å². The Bertz CT molecular complexity index is 749. The van der Waals surface area contributed by atoms with Crippen molar-refractivity contribution in [3.8, 4) is 5.69 Å². The number of amides is 1. The van der Waals surface area contributed by atoms with Gasteiger partial charge >= 0.3 is 5.97 Å². The number of aliphatic carboxylic acids is 1. The van der Waals surface area contributed by atoms with Crippen molar-refractivity contribution < 1.29 is 14.7 Å². The molecule has 1 aliphatic rings. The van der Waals surface area contributed by atoms with Gasteiger partial charge in [-0.3, -0.25) is 4.79 Å². The average molecular weight is 313 g/mol. The molecule has 1 saturated carbocycles. The molecule has 1 aromatic heterocycles. The minimum atomic E-state index is -0.989. The molecule has 23 heavy (non-hydrogen) atoms. The molecule has 1 atom stereocenters. The van der Waals surface area contributed by atoms with Gasteiger partial charge in [0, 0.05) is 12.2 Å². The van der Waals surface area contributed by atoms with Crippen molar-refractivity contribution in [2.45, 2.75) is 38.8 Å². The predicted octanol–water partition coefficient (Wildman–Crippen LogP) is 2.26. The van der Waals surface area contributed by atoms with Gasteiger partial charge in [-0.2, -0.15) is 5.10 Å². The first-order valence-corrected chi connectivity index (χ1v) is 7.65. The molecule has 6 heteroatoms. The SMILES string of the molecule is Cc1ccccc1-n1cc(C(=O)N(C2CC2)C(C)C(=O)O)cn1. The Morgan fingerprint density at radius 2 is 2.04 bits per heavy atom. The van der Waals surface area contributed by atoms with Crippen LogP contribution in [0, 0.1) is 6.92 Å². The third-order valence-corrected chi connectivity index (χ3v) is 4.14. The van der Waals surface area contributed by atoms with Gasteiger partial charge in [0.25, 0.3) is 5.91 Å². The highest BCUT2D eigenvalue weighted by atomic mass is 16.4. The van der Waals surface area contributed by atoms with Crippen molar-refractivity contribution >= 4 is 11.9 Å². The number of carboxylic acids is 1. The van der Waals surface area contributed by atoms with E-state index in [1.807, 2.05) is 31.2 Å². The first-order chi connectivity index (χ1) is 11.0. The molecule has 0 aliphatic heterocycles. The van der Waals surface area contributed by atoms with E-state index < -0.39 is 12.0 Å². The molecule has 1 aromatic carbocycles. The lowest BCUT2D eigenvalue weighted by atomic mass is 10.2. The molecule has 2 aromatic rings. The molecule has 1 N–H and O–H groups in total. The maximum atomic E-state index is 12.7. The Morgan fingerprint density at radius 3 is 2.65 bits per heavy atom. The molecule has 1 unspecified atom stereocenters. The molecule has 0 radical (unpaired) electrons. The number of aryl methyl sites for hydroxylation is 1. The largest absolute Gasteiger partial charge is 0.480 e. The highest BCUT2D eigenvalue weighted by Gasteiger charge is 2.39. The van der Waals surface area contributed by atoms with Crippen molar-refractivity contribution in [3.05, 3.63) is 47.8 Å². The molecule has 120 valence electrons. The molecule has 1 heterocycles. The fraction of sp³-hybridized carbons (Fsp3) is 0.353. The summed E-state index contributed by atoms with van der Waals surface area (Å²) in [6.45, 7) is 3.52. The number of carboxylic acid groups (broad SMARTS) is 1. The van der Waals surface area contributed by atoms with E-state index >= 15 is 0 Å². The molecule has 0 saturated heterocycles. The van der Waals surface area contributed by atoms with Crippen molar-refractivity contribution in [1.82, 2.24) is 14.7 Å². The molecule has 1 fully saturated rings. The zero-order chi connectivity index (χ0) is 16.6. The number of aromatic nitrogens is 2. The lowest BCUT2D eigenvalue weighted by Crippen LogP contribution is -2.44. The highest BCUT2D eigenvalue weighted by Crippen LogP contribution is 2.30. The van der Waals surface area contributed by atoms with Crippen molar-refractivity contribution in [1.29, 1.82) is 0 Å². The summed E-state index contributed by atoms with van der Waals surface area (Å²) in [4.78, 5) is 25.4. The molecule has 3 rings (SSSR count). The van der Waals surface area contributed by atoms with Crippen LogP contribution in [-0.4, -0.2) is 43.7 Å². The quantitative estimate of drug-likeness (QED) is 0.918. The summed E-state index contributed by atoms with van der Waals surface area (Å²) in [5.41, 5.74) is 2.36. The monoisotopic (exact) mass is 313 g/mol. The predicted molar refractivity (Wildman–Crippen MR) is 84.6 cm³/mol. The van der Waals surface area contributed by atoms with E-state index in [0.29, 0.717) is 5.56 Å². The number of carbonyl (C=O) groups is 2. The molecule has 6 nitrogen and oxygen atoms in total. The summed E-state index contributed by atoms with van der Waals surface area (Å²) in [5, 5.41) is 13.5. The molecule has 0 bridgehead atoms. The van der Waals surface area contributed by atoms with Crippen LogP contribution in [0.5, 0.6) is 0 Å². The van der Waals surface area contributed by atoms with Gasteiger partial charge in [-0.1, -0.05) is 18.2 Å². The van der Waals surface area contributed by atoms with Crippen molar-refractivity contribution in [2.24, 2.45) is 0 Å². The summed E-state index contributed by atoms with van der Waals surface area (Å²) in [7, 11) is 0. The summed E-state index contributed by atoms with van der Waals surface area (Å²) in [6, 6.07) is 6.94. The van der Waals surface area contributed by atoms with Gasteiger partial charge in [0.05, 0.1) is 17.4 Å². The Balaban J connectivity index is 1.88. The second-order valence-electron chi connectivity index (χ2n) is 5.92. The van der Waals surface area contributed by atoms with Gasteiger partial charge in [0.15, 0.2) is 0 Å². The summed E-state index contributed by atoms with van der Waals surface area (Å²) in [5.74, 6) is -1.27. The van der Waals surface area contributed by atoms with Gasteiger partial charge < -0.3 is 10.0 Å².